The highest BCUT2D eigenvalue weighted by atomic mass is 16.5. The molecule has 1 aromatic rings. The topological polar surface area (TPSA) is 77.2 Å². The lowest BCUT2D eigenvalue weighted by Crippen LogP contribution is -2.49. The number of hydrogen-bond donors (Lipinski definition) is 2. The quantitative estimate of drug-likeness (QED) is 0.840. The van der Waals surface area contributed by atoms with Crippen LogP contribution in [0.25, 0.3) is 0 Å². The van der Waals surface area contributed by atoms with Crippen LogP contribution < -0.4 is 15.8 Å². The summed E-state index contributed by atoms with van der Waals surface area (Å²) >= 11 is 0. The van der Waals surface area contributed by atoms with Crippen LogP contribution in [0.5, 0.6) is 5.75 Å². The molecule has 1 amide bonds. The number of pyridine rings is 1. The monoisotopic (exact) mass is 249 g/mol. The van der Waals surface area contributed by atoms with Gasteiger partial charge in [0.1, 0.15) is 5.75 Å². The molecule has 2 atom stereocenters. The summed E-state index contributed by atoms with van der Waals surface area (Å²) in [6, 6.07) is 1.77. The van der Waals surface area contributed by atoms with Gasteiger partial charge in [-0.15, -0.1) is 0 Å². The van der Waals surface area contributed by atoms with E-state index in [9.17, 15) is 4.79 Å². The van der Waals surface area contributed by atoms with Crippen LogP contribution >= 0.6 is 0 Å². The van der Waals surface area contributed by atoms with Crippen molar-refractivity contribution in [1.29, 1.82) is 0 Å². The van der Waals surface area contributed by atoms with Gasteiger partial charge in [0.25, 0.3) is 5.91 Å². The molecule has 5 nitrogen and oxygen atoms in total. The Morgan fingerprint density at radius 2 is 2.28 bits per heavy atom. The predicted octanol–water partition coefficient (Wildman–Crippen LogP) is 1.09. The summed E-state index contributed by atoms with van der Waals surface area (Å²) in [6.45, 7) is 0. The number of ether oxygens (including phenoxy) is 1. The number of nitrogens with zero attached hydrogens (tertiary/aromatic N) is 1. The maximum absolute atomic E-state index is 12.2. The van der Waals surface area contributed by atoms with Gasteiger partial charge in [-0.3, -0.25) is 9.78 Å². The van der Waals surface area contributed by atoms with Gasteiger partial charge in [-0.25, -0.2) is 0 Å². The molecule has 5 heteroatoms. The molecule has 2 rings (SSSR count). The third kappa shape index (κ3) is 2.79. The Labute approximate surface area is 107 Å². The normalized spacial score (nSPS) is 23.4. The van der Waals surface area contributed by atoms with Gasteiger partial charge in [0.2, 0.25) is 0 Å². The third-order valence-corrected chi connectivity index (χ3v) is 3.38. The lowest BCUT2D eigenvalue weighted by molar-refractivity contribution is 0.0918. The van der Waals surface area contributed by atoms with Crippen molar-refractivity contribution in [2.45, 2.75) is 37.8 Å². The zero-order valence-corrected chi connectivity index (χ0v) is 10.6. The number of aromatic nitrogens is 1. The standard InChI is InChI=1S/C13H19N3O2/c1-18-12-8-15-7-6-9(12)13(17)16-11-5-3-2-4-10(11)14/h6-8,10-11H,2-5,14H2,1H3,(H,16,17)/t10-,11-/m1/s1. The molecule has 1 aliphatic carbocycles. The van der Waals surface area contributed by atoms with E-state index < -0.39 is 0 Å². The molecular formula is C13H19N3O2. The van der Waals surface area contributed by atoms with Gasteiger partial charge in [0, 0.05) is 18.3 Å². The van der Waals surface area contributed by atoms with Crippen LogP contribution in [-0.4, -0.2) is 30.1 Å². The number of carbonyl (C=O) groups excluding carboxylic acids is 1. The summed E-state index contributed by atoms with van der Waals surface area (Å²) in [5.74, 6) is 0.344. The molecule has 1 aromatic heterocycles. The van der Waals surface area contributed by atoms with Gasteiger partial charge in [-0.1, -0.05) is 12.8 Å². The van der Waals surface area contributed by atoms with Crippen LogP contribution in [0.3, 0.4) is 0 Å². The lowest BCUT2D eigenvalue weighted by atomic mass is 9.91. The number of carbonyl (C=O) groups is 1. The van der Waals surface area contributed by atoms with E-state index in [-0.39, 0.29) is 18.0 Å². The Bertz CT molecular complexity index is 422. The van der Waals surface area contributed by atoms with E-state index in [0.717, 1.165) is 25.7 Å². The molecule has 0 aromatic carbocycles. The van der Waals surface area contributed by atoms with Gasteiger partial charge in [-0.05, 0) is 18.9 Å². The van der Waals surface area contributed by atoms with Crippen LogP contribution in [0, 0.1) is 0 Å². The van der Waals surface area contributed by atoms with Crippen LogP contribution in [0.2, 0.25) is 0 Å². The molecular weight excluding hydrogens is 230 g/mol. The van der Waals surface area contributed by atoms with Gasteiger partial charge in [-0.2, -0.15) is 0 Å². The van der Waals surface area contributed by atoms with Crippen LogP contribution in [0.15, 0.2) is 18.5 Å². The van der Waals surface area contributed by atoms with Gasteiger partial charge >= 0.3 is 0 Å². The predicted molar refractivity (Wildman–Crippen MR) is 68.5 cm³/mol. The van der Waals surface area contributed by atoms with Crippen LogP contribution in [0.4, 0.5) is 0 Å². The van der Waals surface area contributed by atoms with Crippen molar-refractivity contribution >= 4 is 5.91 Å². The first-order valence-corrected chi connectivity index (χ1v) is 6.27. The molecule has 1 fully saturated rings. The number of methoxy groups -OCH3 is 1. The van der Waals surface area contributed by atoms with Crippen molar-refractivity contribution in [2.75, 3.05) is 7.11 Å². The molecule has 0 radical (unpaired) electrons. The van der Waals surface area contributed by atoms with Crippen LogP contribution in [0.1, 0.15) is 36.0 Å². The first-order chi connectivity index (χ1) is 8.72. The largest absolute Gasteiger partial charge is 0.494 e. The molecule has 1 saturated carbocycles. The molecule has 1 heterocycles. The van der Waals surface area contributed by atoms with E-state index in [1.807, 2.05) is 0 Å². The second-order valence-electron chi connectivity index (χ2n) is 4.60. The van der Waals surface area contributed by atoms with Crippen molar-refractivity contribution in [3.05, 3.63) is 24.0 Å². The average Bonchev–Trinajstić information content (AvgIpc) is 2.41. The Morgan fingerprint density at radius 3 is 3.00 bits per heavy atom. The summed E-state index contributed by atoms with van der Waals surface area (Å²) < 4.78 is 5.13. The molecule has 18 heavy (non-hydrogen) atoms. The average molecular weight is 249 g/mol. The van der Waals surface area contributed by atoms with Crippen molar-refractivity contribution < 1.29 is 9.53 Å². The number of hydrogen-bond acceptors (Lipinski definition) is 4. The van der Waals surface area contributed by atoms with Crippen molar-refractivity contribution in [2.24, 2.45) is 5.73 Å². The maximum atomic E-state index is 12.2. The van der Waals surface area contributed by atoms with E-state index in [4.69, 9.17) is 10.5 Å². The third-order valence-electron chi connectivity index (χ3n) is 3.38. The molecule has 0 saturated heterocycles. The summed E-state index contributed by atoms with van der Waals surface area (Å²) in [4.78, 5) is 16.1. The Balaban J connectivity index is 2.07. The summed E-state index contributed by atoms with van der Waals surface area (Å²) in [5.41, 5.74) is 6.52. The molecule has 0 aliphatic heterocycles. The Hall–Kier alpha value is -1.62. The SMILES string of the molecule is COc1cnccc1C(=O)N[C@@H]1CCCC[C@H]1N. The van der Waals surface area contributed by atoms with Crippen molar-refractivity contribution in [3.63, 3.8) is 0 Å². The minimum atomic E-state index is -0.142. The highest BCUT2D eigenvalue weighted by molar-refractivity contribution is 5.96. The van der Waals surface area contributed by atoms with Gasteiger partial charge in [0.05, 0.1) is 18.9 Å². The summed E-state index contributed by atoms with van der Waals surface area (Å²) in [5, 5.41) is 2.99. The van der Waals surface area contributed by atoms with Gasteiger partial charge < -0.3 is 15.8 Å². The first kappa shape index (κ1) is 12.8. The zero-order chi connectivity index (χ0) is 13.0. The van der Waals surface area contributed by atoms with Crippen molar-refractivity contribution in [1.82, 2.24) is 10.3 Å². The van der Waals surface area contributed by atoms with E-state index in [1.54, 1.807) is 12.3 Å². The number of nitrogens with one attached hydrogen (secondary N) is 1. The molecule has 3 N–H and O–H groups in total. The number of rotatable bonds is 3. The molecule has 1 aliphatic rings. The fourth-order valence-electron chi connectivity index (χ4n) is 2.32. The van der Waals surface area contributed by atoms with Crippen LogP contribution in [-0.2, 0) is 0 Å². The van der Waals surface area contributed by atoms with E-state index in [2.05, 4.69) is 10.3 Å². The smallest absolute Gasteiger partial charge is 0.255 e. The van der Waals surface area contributed by atoms with Crippen molar-refractivity contribution in [3.8, 4) is 5.75 Å². The Morgan fingerprint density at radius 1 is 1.50 bits per heavy atom. The fraction of sp³-hybridized carbons (Fsp3) is 0.538. The maximum Gasteiger partial charge on any atom is 0.255 e. The molecule has 0 spiro atoms. The highest BCUT2D eigenvalue weighted by Crippen LogP contribution is 2.19. The highest BCUT2D eigenvalue weighted by Gasteiger charge is 2.24. The zero-order valence-electron chi connectivity index (χ0n) is 10.6. The van der Waals surface area contributed by atoms with E-state index >= 15 is 0 Å². The number of amides is 1. The molecule has 98 valence electrons. The molecule has 0 unspecified atom stereocenters. The minimum Gasteiger partial charge on any atom is -0.494 e. The van der Waals surface area contributed by atoms with Gasteiger partial charge in [0.15, 0.2) is 0 Å². The Kier molecular flexibility index (Phi) is 4.15. The minimum absolute atomic E-state index is 0.0514. The second kappa shape index (κ2) is 5.82. The number of nitrogens with two attached hydrogens (primary N) is 1. The first-order valence-electron chi connectivity index (χ1n) is 6.27. The second-order valence-corrected chi connectivity index (χ2v) is 4.60. The van der Waals surface area contributed by atoms with E-state index in [0.29, 0.717) is 11.3 Å². The molecule has 0 bridgehead atoms. The lowest BCUT2D eigenvalue weighted by Gasteiger charge is -2.29. The van der Waals surface area contributed by atoms with E-state index in [1.165, 1.54) is 13.3 Å². The summed E-state index contributed by atoms with van der Waals surface area (Å²) in [6.07, 6.45) is 7.30. The summed E-state index contributed by atoms with van der Waals surface area (Å²) in [7, 11) is 1.53. The fourth-order valence-corrected chi connectivity index (χ4v) is 2.32.